The Morgan fingerprint density at radius 1 is 1.03 bits per heavy atom. The van der Waals surface area contributed by atoms with Crippen molar-refractivity contribution in [3.63, 3.8) is 0 Å². The summed E-state index contributed by atoms with van der Waals surface area (Å²) in [4.78, 5) is 19.3. The Kier molecular flexibility index (Phi) is 5.21. The first kappa shape index (κ1) is 21.4. The third-order valence-corrected chi connectivity index (χ3v) is 7.82. The molecule has 168 valence electrons. The van der Waals surface area contributed by atoms with Crippen LogP contribution in [0.3, 0.4) is 0 Å². The molecule has 0 amide bonds. The monoisotopic (exact) mass is 504 g/mol. The molecule has 1 aliphatic heterocycles. The van der Waals surface area contributed by atoms with E-state index in [1.165, 1.54) is 23.0 Å². The summed E-state index contributed by atoms with van der Waals surface area (Å²) >= 11 is 13.5. The van der Waals surface area contributed by atoms with Crippen molar-refractivity contribution < 1.29 is 5.11 Å². The third-order valence-electron chi connectivity index (χ3n) is 6.33. The molecule has 1 N–H and O–H groups in total. The molecule has 0 saturated heterocycles. The fourth-order valence-corrected chi connectivity index (χ4v) is 6.30. The minimum Gasteiger partial charge on any atom is -0.506 e. The molecule has 1 atom stereocenters. The maximum Gasteiger partial charge on any atom is 0.271 e. The first-order chi connectivity index (χ1) is 16.5. The number of benzene rings is 3. The normalized spacial score (nSPS) is 17.1. The number of rotatable bonds is 2. The van der Waals surface area contributed by atoms with Crippen LogP contribution in [0.5, 0.6) is 5.75 Å². The number of fused-ring (bicyclic) bond motifs is 3. The van der Waals surface area contributed by atoms with Crippen LogP contribution < -0.4 is 14.9 Å². The molecule has 1 aliphatic carbocycles. The number of aryl methyl sites for hydroxylation is 1. The van der Waals surface area contributed by atoms with Crippen molar-refractivity contribution in [1.82, 2.24) is 4.57 Å². The maximum atomic E-state index is 13.7. The van der Waals surface area contributed by atoms with Crippen LogP contribution in [-0.2, 0) is 6.42 Å². The van der Waals surface area contributed by atoms with E-state index in [4.69, 9.17) is 28.2 Å². The minimum atomic E-state index is -0.237. The van der Waals surface area contributed by atoms with Crippen LogP contribution in [0.1, 0.15) is 34.7 Å². The largest absolute Gasteiger partial charge is 0.506 e. The van der Waals surface area contributed by atoms with Crippen LogP contribution in [-0.4, -0.2) is 9.67 Å². The Morgan fingerprint density at radius 2 is 1.79 bits per heavy atom. The zero-order valence-corrected chi connectivity index (χ0v) is 20.2. The third kappa shape index (κ3) is 3.43. The topological polar surface area (TPSA) is 54.6 Å². The lowest BCUT2D eigenvalue weighted by molar-refractivity contribution is 0.474. The van der Waals surface area contributed by atoms with E-state index in [2.05, 4.69) is 30.3 Å². The molecule has 3 aromatic carbocycles. The highest BCUT2D eigenvalue weighted by molar-refractivity contribution is 7.07. The van der Waals surface area contributed by atoms with Crippen LogP contribution in [0.4, 0.5) is 0 Å². The Labute approximate surface area is 209 Å². The van der Waals surface area contributed by atoms with Crippen LogP contribution in [0, 0.1) is 0 Å². The number of phenolic OH excluding ortho intramolecular Hbond substituents is 1. The van der Waals surface area contributed by atoms with Crippen molar-refractivity contribution in [1.29, 1.82) is 0 Å². The molecule has 2 aliphatic rings. The molecule has 4 aromatic rings. The Bertz CT molecular complexity index is 1670. The van der Waals surface area contributed by atoms with E-state index in [-0.39, 0.29) is 22.4 Å². The van der Waals surface area contributed by atoms with Crippen LogP contribution in [0.2, 0.25) is 10.0 Å². The summed E-state index contributed by atoms with van der Waals surface area (Å²) in [7, 11) is 0. The van der Waals surface area contributed by atoms with E-state index in [1.807, 2.05) is 24.3 Å². The van der Waals surface area contributed by atoms with Crippen molar-refractivity contribution in [2.75, 3.05) is 0 Å². The van der Waals surface area contributed by atoms with Crippen LogP contribution >= 0.6 is 34.5 Å². The second-order valence-electron chi connectivity index (χ2n) is 8.35. The van der Waals surface area contributed by atoms with Gasteiger partial charge in [-0.2, -0.15) is 0 Å². The van der Waals surface area contributed by atoms with Gasteiger partial charge in [0.05, 0.1) is 21.3 Å². The molecule has 4 nitrogen and oxygen atoms in total. The van der Waals surface area contributed by atoms with Gasteiger partial charge in [0.1, 0.15) is 5.75 Å². The van der Waals surface area contributed by atoms with Crippen LogP contribution in [0.25, 0.3) is 11.8 Å². The van der Waals surface area contributed by atoms with Crippen LogP contribution in [0.15, 0.2) is 82.1 Å². The Hall–Kier alpha value is -3.12. The predicted molar refractivity (Wildman–Crippen MR) is 137 cm³/mol. The summed E-state index contributed by atoms with van der Waals surface area (Å²) < 4.78 is 2.24. The quantitative estimate of drug-likeness (QED) is 0.401. The number of hydrogen-bond donors (Lipinski definition) is 1. The summed E-state index contributed by atoms with van der Waals surface area (Å²) in [6.07, 6.45) is 3.38. The van der Waals surface area contributed by atoms with Gasteiger partial charge in [0, 0.05) is 16.1 Å². The highest BCUT2D eigenvalue weighted by Gasteiger charge is 2.32. The lowest BCUT2D eigenvalue weighted by atomic mass is 9.83. The van der Waals surface area contributed by atoms with Gasteiger partial charge in [-0.25, -0.2) is 4.99 Å². The minimum absolute atomic E-state index is 0.107. The van der Waals surface area contributed by atoms with Crippen molar-refractivity contribution in [3.05, 3.63) is 124 Å². The van der Waals surface area contributed by atoms with Gasteiger partial charge < -0.3 is 5.11 Å². The first-order valence-corrected chi connectivity index (χ1v) is 12.4. The fourth-order valence-electron chi connectivity index (χ4n) is 4.79. The first-order valence-electron chi connectivity index (χ1n) is 10.9. The van der Waals surface area contributed by atoms with Gasteiger partial charge in [0.15, 0.2) is 4.80 Å². The van der Waals surface area contributed by atoms with E-state index in [9.17, 15) is 9.90 Å². The van der Waals surface area contributed by atoms with E-state index in [1.54, 1.807) is 16.7 Å². The van der Waals surface area contributed by atoms with Crippen molar-refractivity contribution in [3.8, 4) is 5.75 Å². The second-order valence-corrected chi connectivity index (χ2v) is 10.2. The number of aromatic hydroxyl groups is 1. The molecule has 2 heterocycles. The molecule has 7 heteroatoms. The molecule has 34 heavy (non-hydrogen) atoms. The number of aromatic nitrogens is 1. The number of allylic oxidation sites excluding steroid dienone is 1. The van der Waals surface area contributed by atoms with Gasteiger partial charge in [0.2, 0.25) is 0 Å². The number of nitrogens with zero attached hydrogens (tertiary/aromatic N) is 2. The summed E-state index contributed by atoms with van der Waals surface area (Å²) in [5, 5.41) is 11.0. The molecule has 0 fully saturated rings. The maximum absolute atomic E-state index is 13.7. The summed E-state index contributed by atoms with van der Waals surface area (Å²) in [6.45, 7) is 0. The number of hydrogen-bond acceptors (Lipinski definition) is 4. The molecule has 0 radical (unpaired) electrons. The van der Waals surface area contributed by atoms with E-state index in [0.717, 1.165) is 35.2 Å². The lowest BCUT2D eigenvalue weighted by Gasteiger charge is -2.30. The van der Waals surface area contributed by atoms with Crippen molar-refractivity contribution in [2.24, 2.45) is 4.99 Å². The average molecular weight is 505 g/mol. The molecular weight excluding hydrogens is 487 g/mol. The Balaban J connectivity index is 1.64. The van der Waals surface area contributed by atoms with Gasteiger partial charge in [-0.1, -0.05) is 89.1 Å². The molecule has 6 rings (SSSR count). The molecule has 1 unspecified atom stereocenters. The average Bonchev–Trinajstić information content (AvgIpc) is 3.16. The summed E-state index contributed by atoms with van der Waals surface area (Å²) in [5.41, 5.74) is 5.79. The number of halogens is 2. The van der Waals surface area contributed by atoms with Gasteiger partial charge in [-0.05, 0) is 47.8 Å². The van der Waals surface area contributed by atoms with E-state index < -0.39 is 0 Å². The Morgan fingerprint density at radius 3 is 2.62 bits per heavy atom. The fraction of sp³-hybridized carbons (Fsp3) is 0.111. The van der Waals surface area contributed by atoms with Crippen molar-refractivity contribution >= 4 is 46.3 Å². The number of phenols is 1. The second kappa shape index (κ2) is 8.27. The zero-order valence-electron chi connectivity index (χ0n) is 17.8. The molecule has 0 saturated carbocycles. The van der Waals surface area contributed by atoms with E-state index >= 15 is 0 Å². The summed E-state index contributed by atoms with van der Waals surface area (Å²) in [6, 6.07) is 21.2. The highest BCUT2D eigenvalue weighted by atomic mass is 35.5. The zero-order chi connectivity index (χ0) is 23.4. The predicted octanol–water partition coefficient (Wildman–Crippen LogP) is 5.33. The molecular formula is C27H18Cl2N2O2S. The standard InChI is InChI=1S/C27H18Cl2N2O2S/c28-18-12-17(25(32)21(29)14-18)13-22-26(33)31-24(16-7-2-1-3-8-16)20-11-10-15-6-4-5-9-19(15)23(20)30-27(31)34-22/h1-9,12-14,24,32H,10-11H2. The number of thiazole rings is 1. The van der Waals surface area contributed by atoms with Gasteiger partial charge in [0.25, 0.3) is 5.56 Å². The van der Waals surface area contributed by atoms with Gasteiger partial charge >= 0.3 is 0 Å². The lowest BCUT2D eigenvalue weighted by Crippen LogP contribution is -2.38. The van der Waals surface area contributed by atoms with Gasteiger partial charge in [-0.3, -0.25) is 9.36 Å². The van der Waals surface area contributed by atoms with Gasteiger partial charge in [-0.15, -0.1) is 0 Å². The molecule has 0 bridgehead atoms. The SMILES string of the molecule is O=c1c(=Cc2cc(Cl)cc(Cl)c2O)sc2n1C(c1ccccc1)C1=C(N=2)c2ccccc2CC1. The van der Waals surface area contributed by atoms with E-state index in [0.29, 0.717) is 19.9 Å². The summed E-state index contributed by atoms with van der Waals surface area (Å²) in [5.74, 6) is -0.107. The molecule has 0 spiro atoms. The van der Waals surface area contributed by atoms with Crippen molar-refractivity contribution in [2.45, 2.75) is 18.9 Å². The smallest absolute Gasteiger partial charge is 0.271 e. The highest BCUT2D eigenvalue weighted by Crippen LogP contribution is 2.41. The molecule has 1 aromatic heterocycles.